The summed E-state index contributed by atoms with van der Waals surface area (Å²) in [7, 11) is 0. The molecule has 5 heteroatoms. The Morgan fingerprint density at radius 1 is 1.50 bits per heavy atom. The molecule has 1 aromatic heterocycles. The minimum absolute atomic E-state index is 0.245. The molecule has 0 aliphatic carbocycles. The number of fused-ring (bicyclic) bond motifs is 1. The molecule has 0 radical (unpaired) electrons. The number of nitrogens with one attached hydrogen (secondary N) is 1. The van der Waals surface area contributed by atoms with E-state index in [1.165, 1.54) is 17.4 Å². The summed E-state index contributed by atoms with van der Waals surface area (Å²) in [6, 6.07) is 3.09. The molecule has 0 saturated carbocycles. The monoisotopic (exact) mass is 238 g/mol. The Bertz CT molecular complexity index is 536. The van der Waals surface area contributed by atoms with Crippen molar-refractivity contribution in [2.45, 2.75) is 19.9 Å². The third kappa shape index (κ3) is 2.04. The van der Waals surface area contributed by atoms with Gasteiger partial charge in [0.1, 0.15) is 11.8 Å². The Morgan fingerprint density at radius 2 is 2.25 bits per heavy atom. The second-order valence-electron chi connectivity index (χ2n) is 3.79. The van der Waals surface area contributed by atoms with Crippen LogP contribution in [0.25, 0.3) is 10.2 Å². The first kappa shape index (κ1) is 11.0. The van der Waals surface area contributed by atoms with Gasteiger partial charge in [0.25, 0.3) is 0 Å². The molecule has 0 atom stereocenters. The van der Waals surface area contributed by atoms with Crippen molar-refractivity contribution in [2.75, 3.05) is 5.32 Å². The van der Waals surface area contributed by atoms with Gasteiger partial charge in [0.05, 0.1) is 4.70 Å². The van der Waals surface area contributed by atoms with Crippen molar-refractivity contribution in [1.82, 2.24) is 4.98 Å². The van der Waals surface area contributed by atoms with Crippen LogP contribution in [0, 0.1) is 5.82 Å². The lowest BCUT2D eigenvalue weighted by molar-refractivity contribution is 0.112. The molecule has 0 fully saturated rings. The van der Waals surface area contributed by atoms with Gasteiger partial charge in [-0.05, 0) is 26.0 Å². The van der Waals surface area contributed by atoms with E-state index in [4.69, 9.17) is 0 Å². The maximum Gasteiger partial charge on any atom is 0.184 e. The SMILES string of the molecule is CC(C)Nc1nc2c(F)cc(C=O)cc2s1. The number of aromatic nitrogens is 1. The number of carbonyl (C=O) groups is 1. The highest BCUT2D eigenvalue weighted by molar-refractivity contribution is 7.22. The zero-order chi connectivity index (χ0) is 11.7. The maximum atomic E-state index is 13.5. The van der Waals surface area contributed by atoms with E-state index in [0.717, 1.165) is 0 Å². The number of rotatable bonds is 3. The van der Waals surface area contributed by atoms with E-state index in [1.54, 1.807) is 6.07 Å². The van der Waals surface area contributed by atoms with Crippen molar-refractivity contribution >= 4 is 33.0 Å². The fraction of sp³-hybridized carbons (Fsp3) is 0.273. The molecule has 0 aliphatic rings. The zero-order valence-electron chi connectivity index (χ0n) is 8.95. The lowest BCUT2D eigenvalue weighted by Crippen LogP contribution is -2.08. The Balaban J connectivity index is 2.52. The lowest BCUT2D eigenvalue weighted by atomic mass is 10.2. The summed E-state index contributed by atoms with van der Waals surface area (Å²) in [6.07, 6.45) is 0.637. The van der Waals surface area contributed by atoms with Gasteiger partial charge in [-0.2, -0.15) is 0 Å². The first-order valence-corrected chi connectivity index (χ1v) is 5.73. The third-order valence-electron chi connectivity index (χ3n) is 2.02. The predicted octanol–water partition coefficient (Wildman–Crippen LogP) is 3.07. The van der Waals surface area contributed by atoms with E-state index in [-0.39, 0.29) is 6.04 Å². The van der Waals surface area contributed by atoms with Crippen LogP contribution < -0.4 is 5.32 Å². The van der Waals surface area contributed by atoms with Gasteiger partial charge in [0.2, 0.25) is 0 Å². The molecular weight excluding hydrogens is 227 g/mol. The first-order valence-electron chi connectivity index (χ1n) is 4.92. The molecule has 84 valence electrons. The molecule has 2 aromatic rings. The number of hydrogen-bond donors (Lipinski definition) is 1. The van der Waals surface area contributed by atoms with Crippen LogP contribution in [-0.4, -0.2) is 17.3 Å². The Morgan fingerprint density at radius 3 is 2.88 bits per heavy atom. The summed E-state index contributed by atoms with van der Waals surface area (Å²) in [5.41, 5.74) is 0.656. The number of nitrogens with zero attached hydrogens (tertiary/aromatic N) is 1. The number of benzene rings is 1. The first-order chi connectivity index (χ1) is 7.60. The zero-order valence-corrected chi connectivity index (χ0v) is 9.77. The minimum atomic E-state index is -0.451. The Hall–Kier alpha value is -1.49. The molecule has 1 heterocycles. The molecular formula is C11H11FN2OS. The van der Waals surface area contributed by atoms with Gasteiger partial charge in [-0.1, -0.05) is 11.3 Å². The van der Waals surface area contributed by atoms with Crippen molar-refractivity contribution < 1.29 is 9.18 Å². The number of carbonyl (C=O) groups excluding carboxylic acids is 1. The second kappa shape index (κ2) is 4.17. The van der Waals surface area contributed by atoms with Crippen molar-refractivity contribution in [2.24, 2.45) is 0 Å². The molecule has 2 rings (SSSR count). The maximum absolute atomic E-state index is 13.5. The van der Waals surface area contributed by atoms with Gasteiger partial charge in [-0.3, -0.25) is 4.79 Å². The van der Waals surface area contributed by atoms with Crippen LogP contribution in [0.1, 0.15) is 24.2 Å². The molecule has 0 saturated heterocycles. The third-order valence-corrected chi connectivity index (χ3v) is 2.95. The van der Waals surface area contributed by atoms with E-state index >= 15 is 0 Å². The summed E-state index contributed by atoms with van der Waals surface area (Å²) in [5, 5.41) is 3.78. The van der Waals surface area contributed by atoms with Crippen LogP contribution in [0.5, 0.6) is 0 Å². The summed E-state index contributed by atoms with van der Waals surface area (Å²) >= 11 is 1.35. The van der Waals surface area contributed by atoms with Gasteiger partial charge >= 0.3 is 0 Å². The van der Waals surface area contributed by atoms with E-state index in [2.05, 4.69) is 10.3 Å². The van der Waals surface area contributed by atoms with Gasteiger partial charge in [-0.25, -0.2) is 9.37 Å². The summed E-state index contributed by atoms with van der Waals surface area (Å²) in [4.78, 5) is 14.7. The van der Waals surface area contributed by atoms with Gasteiger partial charge in [0, 0.05) is 11.6 Å². The standard InChI is InChI=1S/C11H11FN2OS/c1-6(2)13-11-14-10-8(12)3-7(5-15)4-9(10)16-11/h3-6H,1-2H3,(H,13,14). The van der Waals surface area contributed by atoms with Crippen molar-refractivity contribution in [3.63, 3.8) is 0 Å². The van der Waals surface area contributed by atoms with Gasteiger partial charge in [-0.15, -0.1) is 0 Å². The lowest BCUT2D eigenvalue weighted by Gasteiger charge is -2.03. The highest BCUT2D eigenvalue weighted by Crippen LogP contribution is 2.28. The normalized spacial score (nSPS) is 11.0. The summed E-state index contributed by atoms with van der Waals surface area (Å²) in [5.74, 6) is -0.451. The van der Waals surface area contributed by atoms with Crippen molar-refractivity contribution in [1.29, 1.82) is 0 Å². The van der Waals surface area contributed by atoms with E-state index in [0.29, 0.717) is 27.2 Å². The molecule has 0 bridgehead atoms. The van der Waals surface area contributed by atoms with Crippen LogP contribution in [0.3, 0.4) is 0 Å². The van der Waals surface area contributed by atoms with Crippen LogP contribution >= 0.6 is 11.3 Å². The number of aldehydes is 1. The second-order valence-corrected chi connectivity index (χ2v) is 4.82. The minimum Gasteiger partial charge on any atom is -0.359 e. The molecule has 3 nitrogen and oxygen atoms in total. The highest BCUT2D eigenvalue weighted by atomic mass is 32.1. The quantitative estimate of drug-likeness (QED) is 0.835. The summed E-state index contributed by atoms with van der Waals surface area (Å²) in [6.45, 7) is 3.97. The molecule has 0 amide bonds. The molecule has 1 N–H and O–H groups in total. The van der Waals surface area contributed by atoms with E-state index < -0.39 is 5.82 Å². The van der Waals surface area contributed by atoms with Crippen LogP contribution in [-0.2, 0) is 0 Å². The summed E-state index contributed by atoms with van der Waals surface area (Å²) < 4.78 is 14.2. The fourth-order valence-electron chi connectivity index (χ4n) is 1.39. The fourth-order valence-corrected chi connectivity index (χ4v) is 2.46. The number of hydrogen-bond acceptors (Lipinski definition) is 4. The Labute approximate surface area is 96.3 Å². The highest BCUT2D eigenvalue weighted by Gasteiger charge is 2.10. The van der Waals surface area contributed by atoms with Gasteiger partial charge in [0.15, 0.2) is 10.9 Å². The van der Waals surface area contributed by atoms with Crippen LogP contribution in [0.4, 0.5) is 9.52 Å². The molecule has 0 spiro atoms. The number of halogens is 1. The van der Waals surface area contributed by atoms with Crippen molar-refractivity contribution in [3.05, 3.63) is 23.5 Å². The molecule has 1 aromatic carbocycles. The number of anilines is 1. The molecule has 0 aliphatic heterocycles. The van der Waals surface area contributed by atoms with Crippen LogP contribution in [0.15, 0.2) is 12.1 Å². The van der Waals surface area contributed by atoms with E-state index in [9.17, 15) is 9.18 Å². The van der Waals surface area contributed by atoms with E-state index in [1.807, 2.05) is 13.8 Å². The largest absolute Gasteiger partial charge is 0.359 e. The topological polar surface area (TPSA) is 42.0 Å². The van der Waals surface area contributed by atoms with Gasteiger partial charge < -0.3 is 5.32 Å². The van der Waals surface area contributed by atoms with Crippen LogP contribution in [0.2, 0.25) is 0 Å². The average Bonchev–Trinajstić information content (AvgIpc) is 2.59. The molecule has 0 unspecified atom stereocenters. The van der Waals surface area contributed by atoms with Crippen molar-refractivity contribution in [3.8, 4) is 0 Å². The predicted molar refractivity (Wildman–Crippen MR) is 63.7 cm³/mol. The Kier molecular flexibility index (Phi) is 2.87. The molecule has 16 heavy (non-hydrogen) atoms. The smallest absolute Gasteiger partial charge is 0.184 e. The number of thiazole rings is 1. The average molecular weight is 238 g/mol.